The van der Waals surface area contributed by atoms with Gasteiger partial charge in [0.25, 0.3) is 5.91 Å². The van der Waals surface area contributed by atoms with Crippen LogP contribution in [0, 0.1) is 0 Å². The predicted octanol–water partition coefficient (Wildman–Crippen LogP) is 2.22. The van der Waals surface area contributed by atoms with Crippen LogP contribution in [0.4, 0.5) is 5.69 Å². The van der Waals surface area contributed by atoms with Crippen LogP contribution in [0.2, 0.25) is 0 Å². The van der Waals surface area contributed by atoms with E-state index >= 15 is 0 Å². The van der Waals surface area contributed by atoms with Gasteiger partial charge in [0.05, 0.1) is 22.9 Å². The minimum Gasteiger partial charge on any atom is -0.545 e. The topological polar surface area (TPSA) is 129 Å². The SMILES string of the molecule is CC1=NN(c2ccc(C(=O)[O-])cc2)C(=O)/C1=C\c1ccc(-c2ccc(C(N)=O)cc2)o1. The molecule has 2 aromatic carbocycles. The summed E-state index contributed by atoms with van der Waals surface area (Å²) in [6.07, 6.45) is 1.60. The van der Waals surface area contributed by atoms with E-state index in [9.17, 15) is 19.5 Å². The average Bonchev–Trinajstić information content (AvgIpc) is 3.34. The molecule has 1 aliphatic rings. The van der Waals surface area contributed by atoms with E-state index in [-0.39, 0.29) is 11.5 Å². The maximum Gasteiger partial charge on any atom is 0.280 e. The van der Waals surface area contributed by atoms with Crippen LogP contribution in [0.5, 0.6) is 0 Å². The third-order valence-corrected chi connectivity index (χ3v) is 4.78. The lowest BCUT2D eigenvalue weighted by Gasteiger charge is -2.12. The molecule has 2 heterocycles. The van der Waals surface area contributed by atoms with Crippen molar-refractivity contribution in [1.29, 1.82) is 0 Å². The highest BCUT2D eigenvalue weighted by molar-refractivity contribution is 6.32. The fraction of sp³-hybridized carbons (Fsp3) is 0.0435. The van der Waals surface area contributed by atoms with Gasteiger partial charge in [0.15, 0.2) is 0 Å². The van der Waals surface area contributed by atoms with Crippen molar-refractivity contribution in [2.75, 3.05) is 5.01 Å². The van der Waals surface area contributed by atoms with Crippen molar-refractivity contribution in [3.8, 4) is 11.3 Å². The molecule has 0 spiro atoms. The Bertz CT molecular complexity index is 1250. The Morgan fingerprint density at radius 2 is 1.65 bits per heavy atom. The summed E-state index contributed by atoms with van der Waals surface area (Å²) >= 11 is 0. The number of benzene rings is 2. The molecule has 1 aromatic heterocycles. The lowest BCUT2D eigenvalue weighted by Crippen LogP contribution is -2.23. The highest BCUT2D eigenvalue weighted by Gasteiger charge is 2.29. The van der Waals surface area contributed by atoms with Crippen LogP contribution in [0.25, 0.3) is 17.4 Å². The highest BCUT2D eigenvalue weighted by atomic mass is 16.4. The number of furan rings is 1. The van der Waals surface area contributed by atoms with Crippen molar-refractivity contribution >= 4 is 35.3 Å². The first kappa shape index (κ1) is 19.8. The van der Waals surface area contributed by atoms with E-state index in [4.69, 9.17) is 10.2 Å². The van der Waals surface area contributed by atoms with Crippen LogP contribution in [0.15, 0.2) is 75.8 Å². The Morgan fingerprint density at radius 3 is 2.26 bits per heavy atom. The van der Waals surface area contributed by atoms with Gasteiger partial charge in [-0.3, -0.25) is 9.59 Å². The Balaban J connectivity index is 1.57. The molecule has 8 heteroatoms. The van der Waals surface area contributed by atoms with Gasteiger partial charge in [-0.05, 0) is 55.0 Å². The molecule has 2 amide bonds. The molecule has 0 aliphatic carbocycles. The second-order valence-corrected chi connectivity index (χ2v) is 6.84. The molecular weight excluding hydrogens is 398 g/mol. The maximum absolute atomic E-state index is 12.8. The smallest absolute Gasteiger partial charge is 0.280 e. The van der Waals surface area contributed by atoms with Crippen molar-refractivity contribution in [2.24, 2.45) is 10.8 Å². The summed E-state index contributed by atoms with van der Waals surface area (Å²) in [7, 11) is 0. The zero-order valence-electron chi connectivity index (χ0n) is 16.4. The van der Waals surface area contributed by atoms with Crippen LogP contribution < -0.4 is 15.8 Å². The summed E-state index contributed by atoms with van der Waals surface area (Å²) in [6, 6.07) is 15.8. The largest absolute Gasteiger partial charge is 0.545 e. The van der Waals surface area contributed by atoms with E-state index < -0.39 is 11.9 Å². The Morgan fingerprint density at radius 1 is 1.00 bits per heavy atom. The number of nitrogens with zero attached hydrogens (tertiary/aromatic N) is 2. The number of hydrogen-bond acceptors (Lipinski definition) is 6. The van der Waals surface area contributed by atoms with E-state index in [0.717, 1.165) is 5.56 Å². The molecule has 3 aromatic rings. The number of rotatable bonds is 5. The van der Waals surface area contributed by atoms with Gasteiger partial charge >= 0.3 is 0 Å². The summed E-state index contributed by atoms with van der Waals surface area (Å²) in [5, 5.41) is 16.4. The number of aromatic carboxylic acids is 1. The molecule has 0 saturated heterocycles. The summed E-state index contributed by atoms with van der Waals surface area (Å²) in [5.41, 5.74) is 7.71. The molecule has 31 heavy (non-hydrogen) atoms. The first-order valence-electron chi connectivity index (χ1n) is 9.27. The van der Waals surface area contributed by atoms with Crippen LogP contribution in [-0.2, 0) is 4.79 Å². The number of carbonyl (C=O) groups is 3. The van der Waals surface area contributed by atoms with Gasteiger partial charge in [-0.2, -0.15) is 10.1 Å². The number of carbonyl (C=O) groups excluding carboxylic acids is 3. The lowest BCUT2D eigenvalue weighted by atomic mass is 10.1. The molecule has 154 valence electrons. The fourth-order valence-corrected chi connectivity index (χ4v) is 3.12. The number of anilines is 1. The first-order chi connectivity index (χ1) is 14.8. The third-order valence-electron chi connectivity index (χ3n) is 4.78. The van der Waals surface area contributed by atoms with Gasteiger partial charge in [-0.15, -0.1) is 0 Å². The number of primary amides is 1. The van der Waals surface area contributed by atoms with E-state index in [1.807, 2.05) is 0 Å². The van der Waals surface area contributed by atoms with Crippen LogP contribution >= 0.6 is 0 Å². The van der Waals surface area contributed by atoms with Crippen molar-refractivity contribution in [3.05, 3.63) is 83.1 Å². The standard InChI is InChI=1S/C23H17N3O5/c1-13-19(22(28)26(25-13)17-8-6-16(7-9-17)23(29)30)12-18-10-11-20(31-18)14-2-4-15(5-3-14)21(24)27/h2-12H,1H3,(H2,24,27)(H,29,30)/p-1/b19-12-. The van der Waals surface area contributed by atoms with E-state index in [1.165, 1.54) is 29.3 Å². The van der Waals surface area contributed by atoms with E-state index in [1.54, 1.807) is 49.4 Å². The summed E-state index contributed by atoms with van der Waals surface area (Å²) in [5.74, 6) is -1.14. The summed E-state index contributed by atoms with van der Waals surface area (Å²) < 4.78 is 5.82. The van der Waals surface area contributed by atoms with Crippen molar-refractivity contribution in [3.63, 3.8) is 0 Å². The number of carboxylic acid groups (broad SMARTS) is 1. The van der Waals surface area contributed by atoms with E-state index in [2.05, 4.69) is 5.10 Å². The minimum absolute atomic E-state index is 0.0128. The fourth-order valence-electron chi connectivity index (χ4n) is 3.12. The molecular formula is C23H16N3O5-. The Hall–Kier alpha value is -4.46. The quantitative estimate of drug-likeness (QED) is 0.640. The monoisotopic (exact) mass is 414 g/mol. The first-order valence-corrected chi connectivity index (χ1v) is 9.27. The summed E-state index contributed by atoms with van der Waals surface area (Å²) in [6.45, 7) is 1.70. The van der Waals surface area contributed by atoms with Crippen LogP contribution in [0.1, 0.15) is 33.4 Å². The number of amides is 2. The molecule has 0 atom stereocenters. The van der Waals surface area contributed by atoms with Crippen LogP contribution in [0.3, 0.4) is 0 Å². The van der Waals surface area contributed by atoms with Gasteiger partial charge in [-0.1, -0.05) is 24.3 Å². The molecule has 4 rings (SSSR count). The number of hydrogen-bond donors (Lipinski definition) is 1. The second kappa shape index (κ2) is 7.75. The predicted molar refractivity (Wildman–Crippen MR) is 112 cm³/mol. The number of hydrazone groups is 1. The molecule has 0 fully saturated rings. The third kappa shape index (κ3) is 3.86. The Kier molecular flexibility index (Phi) is 4.96. The number of nitrogens with two attached hydrogens (primary N) is 1. The zero-order valence-corrected chi connectivity index (χ0v) is 16.4. The zero-order chi connectivity index (χ0) is 22.1. The van der Waals surface area contributed by atoms with E-state index in [0.29, 0.717) is 34.1 Å². The molecule has 0 radical (unpaired) electrons. The van der Waals surface area contributed by atoms with Crippen molar-refractivity contribution in [1.82, 2.24) is 0 Å². The summed E-state index contributed by atoms with van der Waals surface area (Å²) in [4.78, 5) is 34.9. The lowest BCUT2D eigenvalue weighted by molar-refractivity contribution is -0.255. The number of carboxylic acids is 1. The normalized spacial score (nSPS) is 14.7. The molecule has 1 aliphatic heterocycles. The molecule has 0 unspecified atom stereocenters. The maximum atomic E-state index is 12.8. The van der Waals surface area contributed by atoms with Gasteiger partial charge < -0.3 is 20.1 Å². The molecule has 8 nitrogen and oxygen atoms in total. The van der Waals surface area contributed by atoms with Gasteiger partial charge in [-0.25, -0.2) is 0 Å². The second-order valence-electron chi connectivity index (χ2n) is 6.84. The minimum atomic E-state index is -1.29. The van der Waals surface area contributed by atoms with Gasteiger partial charge in [0.2, 0.25) is 5.91 Å². The Labute approximate surface area is 176 Å². The van der Waals surface area contributed by atoms with Crippen LogP contribution in [-0.4, -0.2) is 23.5 Å². The van der Waals surface area contributed by atoms with Crippen molar-refractivity contribution in [2.45, 2.75) is 6.92 Å². The highest BCUT2D eigenvalue weighted by Crippen LogP contribution is 2.28. The van der Waals surface area contributed by atoms with Crippen molar-refractivity contribution < 1.29 is 23.9 Å². The molecule has 2 N–H and O–H groups in total. The van der Waals surface area contributed by atoms with Gasteiger partial charge in [0.1, 0.15) is 11.5 Å². The average molecular weight is 414 g/mol. The van der Waals surface area contributed by atoms with Gasteiger partial charge in [0, 0.05) is 11.1 Å². The molecule has 0 bridgehead atoms. The molecule has 0 saturated carbocycles.